The van der Waals surface area contributed by atoms with Crippen LogP contribution in [-0.2, 0) is 16.0 Å². The number of nitrogens with zero attached hydrogens (tertiary/aromatic N) is 1. The zero-order chi connectivity index (χ0) is 12.1. The van der Waals surface area contributed by atoms with E-state index in [4.69, 9.17) is 4.74 Å². The molecule has 88 valence electrons. The summed E-state index contributed by atoms with van der Waals surface area (Å²) >= 11 is 1.78. The van der Waals surface area contributed by atoms with Crippen LogP contribution in [0.1, 0.15) is 24.7 Å². The van der Waals surface area contributed by atoms with Crippen LogP contribution in [0.2, 0.25) is 0 Å². The maximum atomic E-state index is 12.5. The molecule has 1 rings (SSSR count). The fourth-order valence-electron chi connectivity index (χ4n) is 1.11. The molecule has 0 amide bonds. The number of ether oxygens (including phenoxy) is 1. The van der Waals surface area contributed by atoms with Crippen molar-refractivity contribution < 1.29 is 18.3 Å². The zero-order valence-corrected chi connectivity index (χ0v) is 10.7. The Morgan fingerprint density at radius 3 is 2.81 bits per heavy atom. The molecule has 0 aliphatic rings. The second-order valence-electron chi connectivity index (χ2n) is 2.95. The van der Waals surface area contributed by atoms with Gasteiger partial charge in [-0.3, -0.25) is 9.78 Å². The Morgan fingerprint density at radius 1 is 1.56 bits per heavy atom. The van der Waals surface area contributed by atoms with E-state index in [-0.39, 0.29) is 18.7 Å². The molecule has 0 N–H and O–H groups in total. The number of hydrogen-bond donors (Lipinski definition) is 0. The predicted molar refractivity (Wildman–Crippen MR) is 62.2 cm³/mol. The summed E-state index contributed by atoms with van der Waals surface area (Å²) in [6, 6.07) is 3.06. The highest BCUT2D eigenvalue weighted by atomic mass is 127. The monoisotopic (exact) mass is 341 g/mol. The van der Waals surface area contributed by atoms with Crippen molar-refractivity contribution in [3.8, 4) is 0 Å². The first-order valence-electron chi connectivity index (χ1n) is 4.63. The molecule has 0 fully saturated rings. The minimum atomic E-state index is -2.63. The van der Waals surface area contributed by atoms with Crippen molar-refractivity contribution in [3.05, 3.63) is 27.1 Å². The lowest BCUT2D eigenvalue weighted by Gasteiger charge is -2.05. The van der Waals surface area contributed by atoms with Crippen molar-refractivity contribution in [2.75, 3.05) is 6.61 Å². The van der Waals surface area contributed by atoms with Crippen molar-refractivity contribution >= 4 is 28.6 Å². The molecule has 1 aromatic heterocycles. The molecule has 0 radical (unpaired) electrons. The van der Waals surface area contributed by atoms with Crippen molar-refractivity contribution in [1.82, 2.24) is 4.98 Å². The third-order valence-corrected chi connectivity index (χ3v) is 2.68. The van der Waals surface area contributed by atoms with Gasteiger partial charge in [-0.2, -0.15) is 0 Å². The molecule has 0 saturated heterocycles. The van der Waals surface area contributed by atoms with Crippen LogP contribution in [0.25, 0.3) is 0 Å². The summed E-state index contributed by atoms with van der Waals surface area (Å²) in [7, 11) is 0. The number of hydrogen-bond acceptors (Lipinski definition) is 3. The number of alkyl halides is 2. The molecule has 1 aromatic rings. The van der Waals surface area contributed by atoms with E-state index < -0.39 is 12.4 Å². The summed E-state index contributed by atoms with van der Waals surface area (Å²) in [6.45, 7) is 1.95. The van der Waals surface area contributed by atoms with Gasteiger partial charge in [0.05, 0.1) is 18.7 Å². The van der Waals surface area contributed by atoms with Gasteiger partial charge in [0.2, 0.25) is 0 Å². The first kappa shape index (κ1) is 13.3. The number of aromatic nitrogens is 1. The van der Waals surface area contributed by atoms with E-state index in [9.17, 15) is 13.6 Å². The quantitative estimate of drug-likeness (QED) is 0.625. The largest absolute Gasteiger partial charge is 0.466 e. The Labute approximate surface area is 105 Å². The van der Waals surface area contributed by atoms with Crippen LogP contribution in [0.5, 0.6) is 0 Å². The number of carbonyl (C=O) groups is 1. The smallest absolute Gasteiger partial charge is 0.311 e. The molecule has 0 aliphatic heterocycles. The van der Waals surface area contributed by atoms with E-state index in [0.717, 1.165) is 0 Å². The molecule has 3 nitrogen and oxygen atoms in total. The second kappa shape index (κ2) is 6.07. The van der Waals surface area contributed by atoms with Gasteiger partial charge < -0.3 is 4.74 Å². The molecule has 0 saturated carbocycles. The standard InChI is InChI=1S/C10H10F2INO2/c1-2-16-8(15)5-6-3-4-7(13)9(14-6)10(11)12/h3-4,10H,2,5H2,1H3. The summed E-state index contributed by atoms with van der Waals surface area (Å²) in [6.07, 6.45) is -2.71. The summed E-state index contributed by atoms with van der Waals surface area (Å²) in [5, 5.41) is 0. The maximum Gasteiger partial charge on any atom is 0.311 e. The lowest BCUT2D eigenvalue weighted by atomic mass is 10.2. The molecular formula is C10H10F2INO2. The van der Waals surface area contributed by atoms with E-state index in [0.29, 0.717) is 9.26 Å². The van der Waals surface area contributed by atoms with Gasteiger partial charge in [-0.25, -0.2) is 8.78 Å². The zero-order valence-electron chi connectivity index (χ0n) is 8.54. The van der Waals surface area contributed by atoms with Crippen molar-refractivity contribution in [2.24, 2.45) is 0 Å². The van der Waals surface area contributed by atoms with E-state index in [1.807, 2.05) is 0 Å². The minimum absolute atomic E-state index is 0.0789. The van der Waals surface area contributed by atoms with E-state index in [1.54, 1.807) is 35.6 Å². The lowest BCUT2D eigenvalue weighted by molar-refractivity contribution is -0.142. The van der Waals surface area contributed by atoms with Crippen LogP contribution in [0, 0.1) is 3.57 Å². The Bertz CT molecular complexity index is 385. The van der Waals surface area contributed by atoms with Crippen LogP contribution < -0.4 is 0 Å². The molecule has 0 unspecified atom stereocenters. The van der Waals surface area contributed by atoms with Crippen molar-refractivity contribution in [1.29, 1.82) is 0 Å². The Hall–Kier alpha value is -0.790. The van der Waals surface area contributed by atoms with Gasteiger partial charge in [-0.15, -0.1) is 0 Å². The molecule has 0 atom stereocenters. The first-order valence-corrected chi connectivity index (χ1v) is 5.71. The Kier molecular flexibility index (Phi) is 5.04. The highest BCUT2D eigenvalue weighted by Crippen LogP contribution is 2.22. The highest BCUT2D eigenvalue weighted by molar-refractivity contribution is 14.1. The van der Waals surface area contributed by atoms with Gasteiger partial charge in [0, 0.05) is 3.57 Å². The van der Waals surface area contributed by atoms with Crippen LogP contribution in [-0.4, -0.2) is 17.6 Å². The van der Waals surface area contributed by atoms with Gasteiger partial charge >= 0.3 is 5.97 Å². The van der Waals surface area contributed by atoms with Crippen LogP contribution in [0.15, 0.2) is 12.1 Å². The molecule has 16 heavy (non-hydrogen) atoms. The molecule has 0 spiro atoms. The molecule has 1 heterocycles. The van der Waals surface area contributed by atoms with Crippen molar-refractivity contribution in [3.63, 3.8) is 0 Å². The van der Waals surface area contributed by atoms with E-state index >= 15 is 0 Å². The normalized spacial score (nSPS) is 10.6. The maximum absolute atomic E-state index is 12.5. The van der Waals surface area contributed by atoms with Crippen LogP contribution in [0.4, 0.5) is 8.78 Å². The summed E-state index contributed by atoms with van der Waals surface area (Å²) in [5.74, 6) is -0.462. The van der Waals surface area contributed by atoms with E-state index in [2.05, 4.69) is 4.98 Å². The average Bonchev–Trinajstić information content (AvgIpc) is 2.21. The fourth-order valence-corrected chi connectivity index (χ4v) is 1.65. The lowest BCUT2D eigenvalue weighted by Crippen LogP contribution is -2.10. The number of carbonyl (C=O) groups excluding carboxylic acids is 1. The summed E-state index contributed by atoms with van der Waals surface area (Å²) < 4.78 is 30.1. The fraction of sp³-hybridized carbons (Fsp3) is 0.400. The molecule has 0 bridgehead atoms. The number of halogens is 3. The molecule has 0 aliphatic carbocycles. The van der Waals surface area contributed by atoms with Gasteiger partial charge in [-0.1, -0.05) is 0 Å². The molecule has 6 heteroatoms. The average molecular weight is 341 g/mol. The third-order valence-electron chi connectivity index (χ3n) is 1.77. The topological polar surface area (TPSA) is 39.2 Å². The summed E-state index contributed by atoms with van der Waals surface area (Å²) in [4.78, 5) is 14.9. The Balaban J connectivity index is 2.82. The van der Waals surface area contributed by atoms with Gasteiger partial charge in [0.1, 0.15) is 5.69 Å². The van der Waals surface area contributed by atoms with Gasteiger partial charge in [0.15, 0.2) is 0 Å². The number of pyridine rings is 1. The van der Waals surface area contributed by atoms with Crippen LogP contribution >= 0.6 is 22.6 Å². The minimum Gasteiger partial charge on any atom is -0.466 e. The first-order chi connectivity index (χ1) is 7.54. The number of rotatable bonds is 4. The van der Waals surface area contributed by atoms with E-state index in [1.165, 1.54) is 6.07 Å². The number of esters is 1. The highest BCUT2D eigenvalue weighted by Gasteiger charge is 2.15. The molecule has 0 aromatic carbocycles. The summed E-state index contributed by atoms with van der Waals surface area (Å²) in [5.41, 5.74) is 0.0107. The Morgan fingerprint density at radius 2 is 2.25 bits per heavy atom. The predicted octanol–water partition coefficient (Wildman–Crippen LogP) is 2.73. The van der Waals surface area contributed by atoms with Gasteiger partial charge in [0.25, 0.3) is 6.43 Å². The SMILES string of the molecule is CCOC(=O)Cc1ccc(I)c(C(F)F)n1. The second-order valence-corrected chi connectivity index (χ2v) is 4.11. The van der Waals surface area contributed by atoms with Crippen LogP contribution in [0.3, 0.4) is 0 Å². The van der Waals surface area contributed by atoms with Gasteiger partial charge in [-0.05, 0) is 41.6 Å². The van der Waals surface area contributed by atoms with Crippen molar-refractivity contribution in [2.45, 2.75) is 19.8 Å². The molecular weight excluding hydrogens is 331 g/mol. The third kappa shape index (κ3) is 3.66.